The van der Waals surface area contributed by atoms with Crippen LogP contribution in [0.1, 0.15) is 45.7 Å². The first-order chi connectivity index (χ1) is 8.93. The predicted molar refractivity (Wildman–Crippen MR) is 77.0 cm³/mol. The molecule has 0 saturated heterocycles. The molecule has 0 heterocycles. The van der Waals surface area contributed by atoms with Gasteiger partial charge < -0.3 is 10.4 Å². The Kier molecular flexibility index (Phi) is 5.83. The highest BCUT2D eigenvalue weighted by Gasteiger charge is 2.18. The second kappa shape index (κ2) is 7.14. The zero-order valence-corrected chi connectivity index (χ0v) is 12.1. The van der Waals surface area contributed by atoms with Crippen molar-refractivity contribution in [1.29, 1.82) is 0 Å². The van der Waals surface area contributed by atoms with E-state index in [1.54, 1.807) is 12.1 Å². The SMILES string of the molecule is CCC(NC(C)C(=O)NC(C)C)c1ccc(O)cc1. The Morgan fingerprint density at radius 3 is 2.26 bits per heavy atom. The van der Waals surface area contributed by atoms with Crippen molar-refractivity contribution >= 4 is 5.91 Å². The highest BCUT2D eigenvalue weighted by Crippen LogP contribution is 2.19. The maximum Gasteiger partial charge on any atom is 0.237 e. The molecule has 1 amide bonds. The summed E-state index contributed by atoms with van der Waals surface area (Å²) in [7, 11) is 0. The van der Waals surface area contributed by atoms with Gasteiger partial charge in [0.15, 0.2) is 0 Å². The van der Waals surface area contributed by atoms with Gasteiger partial charge in [-0.05, 0) is 44.9 Å². The Hall–Kier alpha value is -1.55. The van der Waals surface area contributed by atoms with Gasteiger partial charge in [-0.1, -0.05) is 19.1 Å². The topological polar surface area (TPSA) is 61.4 Å². The highest BCUT2D eigenvalue weighted by atomic mass is 16.3. The normalized spacial score (nSPS) is 14.2. The number of carbonyl (C=O) groups excluding carboxylic acids is 1. The molecule has 19 heavy (non-hydrogen) atoms. The zero-order valence-electron chi connectivity index (χ0n) is 12.1. The number of nitrogens with one attached hydrogen (secondary N) is 2. The summed E-state index contributed by atoms with van der Waals surface area (Å²) in [5.74, 6) is 0.261. The van der Waals surface area contributed by atoms with Crippen LogP contribution in [0.3, 0.4) is 0 Å². The molecule has 4 heteroatoms. The number of hydrogen-bond donors (Lipinski definition) is 3. The monoisotopic (exact) mass is 264 g/mol. The van der Waals surface area contributed by atoms with Gasteiger partial charge in [-0.25, -0.2) is 0 Å². The van der Waals surface area contributed by atoms with Crippen molar-refractivity contribution in [3.05, 3.63) is 29.8 Å². The van der Waals surface area contributed by atoms with Gasteiger partial charge in [0.05, 0.1) is 6.04 Å². The van der Waals surface area contributed by atoms with Crippen LogP contribution in [0.4, 0.5) is 0 Å². The maximum absolute atomic E-state index is 11.9. The van der Waals surface area contributed by atoms with Crippen LogP contribution in [0.5, 0.6) is 5.75 Å². The zero-order chi connectivity index (χ0) is 14.4. The third kappa shape index (κ3) is 4.91. The van der Waals surface area contributed by atoms with Gasteiger partial charge in [0, 0.05) is 12.1 Å². The molecule has 0 aromatic heterocycles. The largest absolute Gasteiger partial charge is 0.508 e. The van der Waals surface area contributed by atoms with E-state index in [0.29, 0.717) is 0 Å². The van der Waals surface area contributed by atoms with Gasteiger partial charge in [0.1, 0.15) is 5.75 Å². The molecule has 0 spiro atoms. The molecule has 0 saturated carbocycles. The summed E-state index contributed by atoms with van der Waals surface area (Å²) in [5.41, 5.74) is 1.07. The summed E-state index contributed by atoms with van der Waals surface area (Å²) in [6.45, 7) is 7.82. The summed E-state index contributed by atoms with van der Waals surface area (Å²) < 4.78 is 0. The third-order valence-electron chi connectivity index (χ3n) is 2.98. The highest BCUT2D eigenvalue weighted by molar-refractivity contribution is 5.81. The van der Waals surface area contributed by atoms with E-state index in [4.69, 9.17) is 0 Å². The van der Waals surface area contributed by atoms with E-state index in [-0.39, 0.29) is 29.8 Å². The second-order valence-electron chi connectivity index (χ2n) is 5.10. The minimum Gasteiger partial charge on any atom is -0.508 e. The van der Waals surface area contributed by atoms with Crippen LogP contribution in [-0.4, -0.2) is 23.1 Å². The first kappa shape index (κ1) is 15.5. The van der Waals surface area contributed by atoms with Crippen molar-refractivity contribution in [3.8, 4) is 5.75 Å². The van der Waals surface area contributed by atoms with E-state index in [1.165, 1.54) is 0 Å². The summed E-state index contributed by atoms with van der Waals surface area (Å²) in [6, 6.07) is 7.09. The van der Waals surface area contributed by atoms with Gasteiger partial charge >= 0.3 is 0 Å². The van der Waals surface area contributed by atoms with Crippen LogP contribution in [0.25, 0.3) is 0 Å². The molecule has 0 aliphatic carbocycles. The van der Waals surface area contributed by atoms with E-state index in [0.717, 1.165) is 12.0 Å². The fourth-order valence-corrected chi connectivity index (χ4v) is 1.94. The molecular weight excluding hydrogens is 240 g/mol. The third-order valence-corrected chi connectivity index (χ3v) is 2.98. The molecule has 2 unspecified atom stereocenters. The van der Waals surface area contributed by atoms with Gasteiger partial charge in [-0.2, -0.15) is 0 Å². The summed E-state index contributed by atoms with van der Waals surface area (Å²) in [4.78, 5) is 11.9. The number of rotatable bonds is 6. The van der Waals surface area contributed by atoms with Gasteiger partial charge in [0.2, 0.25) is 5.91 Å². The molecule has 0 aliphatic heterocycles. The number of phenolic OH excluding ortho intramolecular Hbond substituents is 1. The molecule has 1 aromatic carbocycles. The Balaban J connectivity index is 2.66. The van der Waals surface area contributed by atoms with Crippen LogP contribution in [0, 0.1) is 0 Å². The average molecular weight is 264 g/mol. The number of amides is 1. The van der Waals surface area contributed by atoms with E-state index in [1.807, 2.05) is 32.9 Å². The number of phenols is 1. The lowest BCUT2D eigenvalue weighted by Gasteiger charge is -2.23. The number of benzene rings is 1. The van der Waals surface area contributed by atoms with Crippen molar-refractivity contribution in [1.82, 2.24) is 10.6 Å². The molecule has 106 valence electrons. The smallest absolute Gasteiger partial charge is 0.237 e. The lowest BCUT2D eigenvalue weighted by atomic mass is 10.0. The minimum absolute atomic E-state index is 0.00669. The van der Waals surface area contributed by atoms with E-state index in [9.17, 15) is 9.90 Å². The molecule has 0 fully saturated rings. The molecule has 0 radical (unpaired) electrons. The molecule has 2 atom stereocenters. The van der Waals surface area contributed by atoms with Gasteiger partial charge in [-0.15, -0.1) is 0 Å². The maximum atomic E-state index is 11.9. The quantitative estimate of drug-likeness (QED) is 0.739. The van der Waals surface area contributed by atoms with Gasteiger partial charge in [-0.3, -0.25) is 10.1 Å². The first-order valence-corrected chi connectivity index (χ1v) is 6.79. The average Bonchev–Trinajstić information content (AvgIpc) is 2.36. The van der Waals surface area contributed by atoms with Crippen molar-refractivity contribution in [2.24, 2.45) is 0 Å². The summed E-state index contributed by atoms with van der Waals surface area (Å²) >= 11 is 0. The van der Waals surface area contributed by atoms with Crippen molar-refractivity contribution in [2.45, 2.75) is 52.2 Å². The molecule has 0 aliphatic rings. The lowest BCUT2D eigenvalue weighted by molar-refractivity contribution is -0.123. The van der Waals surface area contributed by atoms with E-state index < -0.39 is 0 Å². The summed E-state index contributed by atoms with van der Waals surface area (Å²) in [6.07, 6.45) is 0.879. The van der Waals surface area contributed by atoms with Gasteiger partial charge in [0.25, 0.3) is 0 Å². The molecule has 1 rings (SSSR count). The fraction of sp³-hybridized carbons (Fsp3) is 0.533. The Bertz CT molecular complexity index is 401. The van der Waals surface area contributed by atoms with Crippen LogP contribution < -0.4 is 10.6 Å². The van der Waals surface area contributed by atoms with Crippen LogP contribution in [-0.2, 0) is 4.79 Å². The number of aromatic hydroxyl groups is 1. The Labute approximate surface area is 115 Å². The van der Waals surface area contributed by atoms with Crippen molar-refractivity contribution in [2.75, 3.05) is 0 Å². The lowest BCUT2D eigenvalue weighted by Crippen LogP contribution is -2.45. The van der Waals surface area contributed by atoms with Crippen LogP contribution in [0.2, 0.25) is 0 Å². The summed E-state index contributed by atoms with van der Waals surface area (Å²) in [5, 5.41) is 15.5. The number of carbonyl (C=O) groups is 1. The van der Waals surface area contributed by atoms with Crippen molar-refractivity contribution in [3.63, 3.8) is 0 Å². The standard InChI is InChI=1S/C15H24N2O2/c1-5-14(12-6-8-13(18)9-7-12)17-11(4)15(19)16-10(2)3/h6-11,14,17-18H,5H2,1-4H3,(H,16,19). The minimum atomic E-state index is -0.249. The molecular formula is C15H24N2O2. The molecule has 3 N–H and O–H groups in total. The first-order valence-electron chi connectivity index (χ1n) is 6.79. The van der Waals surface area contributed by atoms with Crippen LogP contribution >= 0.6 is 0 Å². The van der Waals surface area contributed by atoms with Crippen LogP contribution in [0.15, 0.2) is 24.3 Å². The van der Waals surface area contributed by atoms with E-state index >= 15 is 0 Å². The predicted octanol–water partition coefficient (Wildman–Crippen LogP) is 2.35. The second-order valence-corrected chi connectivity index (χ2v) is 5.10. The fourth-order valence-electron chi connectivity index (χ4n) is 1.94. The molecule has 0 bridgehead atoms. The Morgan fingerprint density at radius 1 is 1.21 bits per heavy atom. The van der Waals surface area contributed by atoms with E-state index in [2.05, 4.69) is 17.6 Å². The Morgan fingerprint density at radius 2 is 1.79 bits per heavy atom. The van der Waals surface area contributed by atoms with Crippen molar-refractivity contribution < 1.29 is 9.90 Å². The molecule has 4 nitrogen and oxygen atoms in total. The number of hydrogen-bond acceptors (Lipinski definition) is 3. The molecule has 1 aromatic rings.